The molecule has 0 aromatic carbocycles. The second-order valence-electron chi connectivity index (χ2n) is 6.91. The number of amides is 1. The molecule has 3 heterocycles. The molecule has 6 nitrogen and oxygen atoms in total. The van der Waals surface area contributed by atoms with Gasteiger partial charge in [-0.15, -0.1) is 0 Å². The molecule has 3 rings (SSSR count). The summed E-state index contributed by atoms with van der Waals surface area (Å²) in [5.41, 5.74) is 1.04. The van der Waals surface area contributed by atoms with Crippen molar-refractivity contribution in [1.29, 1.82) is 5.26 Å². The molecule has 2 fully saturated rings. The summed E-state index contributed by atoms with van der Waals surface area (Å²) in [5.74, 6) is 0.471. The van der Waals surface area contributed by atoms with Crippen LogP contribution in [0.4, 0.5) is 10.5 Å². The summed E-state index contributed by atoms with van der Waals surface area (Å²) in [7, 11) is 0. The van der Waals surface area contributed by atoms with Gasteiger partial charge >= 0.3 is 6.09 Å². The van der Waals surface area contributed by atoms with Gasteiger partial charge < -0.3 is 14.5 Å². The van der Waals surface area contributed by atoms with Crippen LogP contribution < -0.4 is 4.90 Å². The summed E-state index contributed by atoms with van der Waals surface area (Å²) < 4.78 is 5.44. The Kier molecular flexibility index (Phi) is 3.44. The predicted molar refractivity (Wildman–Crippen MR) is 81.4 cm³/mol. The zero-order valence-corrected chi connectivity index (χ0v) is 13.1. The molecule has 2 aliphatic heterocycles. The van der Waals surface area contributed by atoms with Gasteiger partial charge in [0, 0.05) is 31.7 Å². The number of anilines is 1. The van der Waals surface area contributed by atoms with E-state index < -0.39 is 5.60 Å². The van der Waals surface area contributed by atoms with Crippen LogP contribution in [0.3, 0.4) is 0 Å². The van der Waals surface area contributed by atoms with E-state index in [0.717, 1.165) is 18.8 Å². The highest BCUT2D eigenvalue weighted by molar-refractivity contribution is 5.69. The number of hydrogen-bond donors (Lipinski definition) is 0. The van der Waals surface area contributed by atoms with Crippen molar-refractivity contribution in [3.05, 3.63) is 24.0 Å². The Hall–Kier alpha value is -2.29. The standard InChI is InChI=1S/C16H20N4O2/c1-16(2,3)22-15(21)19-8-12-9-20(14(12)10-19)13-4-11(5-17)6-18-7-13/h4,6-7,12,14H,8-10H2,1-3H3/t12-,14-/m1/s1. The second kappa shape index (κ2) is 5.16. The molecule has 0 N–H and O–H groups in total. The van der Waals surface area contributed by atoms with Crippen LogP contribution in [-0.2, 0) is 4.74 Å². The van der Waals surface area contributed by atoms with Gasteiger partial charge in [0.25, 0.3) is 0 Å². The maximum absolute atomic E-state index is 12.2. The van der Waals surface area contributed by atoms with Crippen molar-refractivity contribution in [2.75, 3.05) is 24.5 Å². The predicted octanol–water partition coefficient (Wildman–Crippen LogP) is 2.01. The summed E-state index contributed by atoms with van der Waals surface area (Å²) in [5, 5.41) is 8.97. The van der Waals surface area contributed by atoms with Gasteiger partial charge in [-0.2, -0.15) is 5.26 Å². The number of nitriles is 1. The van der Waals surface area contributed by atoms with Gasteiger partial charge in [0.05, 0.1) is 23.5 Å². The van der Waals surface area contributed by atoms with Crippen molar-refractivity contribution >= 4 is 11.8 Å². The maximum Gasteiger partial charge on any atom is 0.410 e. The Labute approximate surface area is 130 Å². The van der Waals surface area contributed by atoms with Gasteiger partial charge in [-0.25, -0.2) is 4.79 Å². The first-order chi connectivity index (χ1) is 10.4. The van der Waals surface area contributed by atoms with Crippen molar-refractivity contribution in [1.82, 2.24) is 9.88 Å². The average Bonchev–Trinajstić information content (AvgIpc) is 2.75. The molecule has 116 valence electrons. The first-order valence-corrected chi connectivity index (χ1v) is 7.47. The first-order valence-electron chi connectivity index (χ1n) is 7.47. The van der Waals surface area contributed by atoms with Crippen LogP contribution in [0.15, 0.2) is 18.5 Å². The highest BCUT2D eigenvalue weighted by Gasteiger charge is 2.47. The monoisotopic (exact) mass is 300 g/mol. The van der Waals surface area contributed by atoms with Gasteiger partial charge in [0.1, 0.15) is 11.7 Å². The second-order valence-corrected chi connectivity index (χ2v) is 6.91. The third-order valence-corrected chi connectivity index (χ3v) is 4.07. The molecule has 0 radical (unpaired) electrons. The van der Waals surface area contributed by atoms with Crippen LogP contribution in [0.1, 0.15) is 26.3 Å². The van der Waals surface area contributed by atoms with Crippen LogP contribution >= 0.6 is 0 Å². The molecule has 0 spiro atoms. The molecule has 22 heavy (non-hydrogen) atoms. The lowest BCUT2D eigenvalue weighted by Crippen LogP contribution is -2.55. The largest absolute Gasteiger partial charge is 0.444 e. The van der Waals surface area contributed by atoms with E-state index in [9.17, 15) is 4.79 Å². The fourth-order valence-electron chi connectivity index (χ4n) is 3.06. The quantitative estimate of drug-likeness (QED) is 0.793. The normalized spacial score (nSPS) is 23.5. The Morgan fingerprint density at radius 1 is 1.36 bits per heavy atom. The highest BCUT2D eigenvalue weighted by atomic mass is 16.6. The number of hydrogen-bond acceptors (Lipinski definition) is 5. The summed E-state index contributed by atoms with van der Waals surface area (Å²) in [6.45, 7) is 7.92. The minimum absolute atomic E-state index is 0.245. The molecule has 1 aromatic heterocycles. The van der Waals surface area contributed by atoms with Gasteiger partial charge in [-0.1, -0.05) is 0 Å². The molecule has 0 saturated carbocycles. The van der Waals surface area contributed by atoms with E-state index in [-0.39, 0.29) is 6.09 Å². The van der Waals surface area contributed by atoms with Crippen molar-refractivity contribution < 1.29 is 9.53 Å². The zero-order chi connectivity index (χ0) is 15.9. The lowest BCUT2D eigenvalue weighted by molar-refractivity contribution is 0.0291. The number of likely N-dealkylation sites (tertiary alicyclic amines) is 1. The van der Waals surface area contributed by atoms with E-state index in [0.29, 0.717) is 24.1 Å². The summed E-state index contributed by atoms with van der Waals surface area (Å²) in [6.07, 6.45) is 3.08. The van der Waals surface area contributed by atoms with Crippen LogP contribution in [0.25, 0.3) is 0 Å². The van der Waals surface area contributed by atoms with Gasteiger partial charge in [0.2, 0.25) is 0 Å². The van der Waals surface area contributed by atoms with Crippen molar-refractivity contribution in [3.8, 4) is 6.07 Å². The van der Waals surface area contributed by atoms with Crippen LogP contribution in [0.5, 0.6) is 0 Å². The minimum Gasteiger partial charge on any atom is -0.444 e. The van der Waals surface area contributed by atoms with Crippen LogP contribution in [0, 0.1) is 17.2 Å². The van der Waals surface area contributed by atoms with E-state index in [1.54, 1.807) is 17.3 Å². The third-order valence-electron chi connectivity index (χ3n) is 4.07. The van der Waals surface area contributed by atoms with Gasteiger partial charge in [-0.05, 0) is 26.8 Å². The molecular weight excluding hydrogens is 280 g/mol. The smallest absolute Gasteiger partial charge is 0.410 e. The summed E-state index contributed by atoms with van der Waals surface area (Å²) in [4.78, 5) is 20.3. The van der Waals surface area contributed by atoms with Gasteiger partial charge in [0.15, 0.2) is 0 Å². The molecule has 2 aliphatic rings. The zero-order valence-electron chi connectivity index (χ0n) is 13.1. The molecule has 1 aromatic rings. The van der Waals surface area contributed by atoms with Crippen molar-refractivity contribution in [2.24, 2.45) is 5.92 Å². The maximum atomic E-state index is 12.2. The molecule has 2 saturated heterocycles. The Morgan fingerprint density at radius 2 is 2.14 bits per heavy atom. The number of fused-ring (bicyclic) bond motifs is 1. The Bertz CT molecular complexity index is 632. The van der Waals surface area contributed by atoms with Crippen molar-refractivity contribution in [2.45, 2.75) is 32.4 Å². The molecular formula is C16H20N4O2. The Balaban J connectivity index is 1.66. The third kappa shape index (κ3) is 2.71. The van der Waals surface area contributed by atoms with Crippen LogP contribution in [-0.4, -0.2) is 47.3 Å². The lowest BCUT2D eigenvalue weighted by Gasteiger charge is -2.45. The number of rotatable bonds is 1. The molecule has 2 atom stereocenters. The van der Waals surface area contributed by atoms with E-state index >= 15 is 0 Å². The van der Waals surface area contributed by atoms with Crippen molar-refractivity contribution in [3.63, 3.8) is 0 Å². The number of ether oxygens (including phenoxy) is 1. The molecule has 1 amide bonds. The number of carbonyl (C=O) groups excluding carboxylic acids is 1. The fourth-order valence-corrected chi connectivity index (χ4v) is 3.06. The first kappa shape index (κ1) is 14.6. The average molecular weight is 300 g/mol. The fraction of sp³-hybridized carbons (Fsp3) is 0.562. The Morgan fingerprint density at radius 3 is 2.82 bits per heavy atom. The van der Waals surface area contributed by atoms with E-state index in [2.05, 4.69) is 16.0 Å². The molecule has 0 unspecified atom stereocenters. The summed E-state index contributed by atoms with van der Waals surface area (Å²) in [6, 6.07) is 4.25. The number of carbonyl (C=O) groups is 1. The highest BCUT2D eigenvalue weighted by Crippen LogP contribution is 2.36. The minimum atomic E-state index is -0.469. The molecule has 0 bridgehead atoms. The number of nitrogens with zero attached hydrogens (tertiary/aromatic N) is 4. The van der Waals surface area contributed by atoms with E-state index in [4.69, 9.17) is 10.00 Å². The lowest BCUT2D eigenvalue weighted by atomic mass is 9.91. The van der Waals surface area contributed by atoms with E-state index in [1.165, 1.54) is 0 Å². The molecule has 0 aliphatic carbocycles. The topological polar surface area (TPSA) is 69.5 Å². The summed E-state index contributed by atoms with van der Waals surface area (Å²) >= 11 is 0. The van der Waals surface area contributed by atoms with Crippen LogP contribution in [0.2, 0.25) is 0 Å². The number of pyridine rings is 1. The molecule has 6 heteroatoms. The van der Waals surface area contributed by atoms with E-state index in [1.807, 2.05) is 26.8 Å². The van der Waals surface area contributed by atoms with Gasteiger partial charge in [-0.3, -0.25) is 4.98 Å². The SMILES string of the molecule is CC(C)(C)OC(=O)N1C[C@@H]2CN(c3cncc(C#N)c3)[C@@H]2C1. The number of aromatic nitrogens is 1.